The fraction of sp³-hybridized carbons (Fsp3) is 0.312. The first-order valence-corrected chi connectivity index (χ1v) is 9.46. The lowest BCUT2D eigenvalue weighted by Crippen LogP contribution is -2.23. The molecule has 3 aromatic rings. The number of halogens is 1. The number of hydrogen-bond acceptors (Lipinski definition) is 5. The Bertz CT molecular complexity index is 918. The van der Waals surface area contributed by atoms with Crippen molar-refractivity contribution in [1.82, 2.24) is 14.8 Å². The van der Waals surface area contributed by atoms with Crippen LogP contribution in [-0.4, -0.2) is 25.9 Å². The summed E-state index contributed by atoms with van der Waals surface area (Å²) in [6, 6.07) is 5.64. The molecule has 8 heteroatoms. The molecule has 1 aromatic carbocycles. The maximum absolute atomic E-state index is 12.5. The number of rotatable bonds is 4. The molecular formula is C16H17ClN4OS2. The molecule has 24 heavy (non-hydrogen) atoms. The molecule has 2 heterocycles. The highest BCUT2D eigenvalue weighted by atomic mass is 35.5. The lowest BCUT2D eigenvalue weighted by Gasteiger charge is -2.10. The zero-order chi connectivity index (χ0) is 17.4. The van der Waals surface area contributed by atoms with Crippen LogP contribution < -0.4 is 5.32 Å². The summed E-state index contributed by atoms with van der Waals surface area (Å²) in [4.78, 5) is 17.0. The molecule has 5 nitrogen and oxygen atoms in total. The molecular weight excluding hydrogens is 364 g/mol. The number of aryl methyl sites for hydroxylation is 2. The zero-order valence-corrected chi connectivity index (χ0v) is 16.1. The van der Waals surface area contributed by atoms with E-state index < -0.39 is 0 Å². The van der Waals surface area contributed by atoms with Gasteiger partial charge in [-0.2, -0.15) is 5.10 Å². The lowest BCUT2D eigenvalue weighted by molar-refractivity contribution is -0.115. The van der Waals surface area contributed by atoms with Crippen molar-refractivity contribution in [3.05, 3.63) is 34.6 Å². The predicted octanol–water partition coefficient (Wildman–Crippen LogP) is 4.42. The van der Waals surface area contributed by atoms with Gasteiger partial charge < -0.3 is 5.32 Å². The van der Waals surface area contributed by atoms with Crippen molar-refractivity contribution in [2.75, 3.05) is 5.32 Å². The van der Waals surface area contributed by atoms with Gasteiger partial charge in [0.2, 0.25) is 5.91 Å². The Morgan fingerprint density at radius 2 is 2.17 bits per heavy atom. The lowest BCUT2D eigenvalue weighted by atomic mass is 10.3. The molecule has 0 saturated carbocycles. The summed E-state index contributed by atoms with van der Waals surface area (Å²) in [7, 11) is 1.86. The first kappa shape index (κ1) is 17.3. The number of nitrogens with zero attached hydrogens (tertiary/aromatic N) is 3. The molecule has 0 saturated heterocycles. The van der Waals surface area contributed by atoms with Crippen LogP contribution in [0.3, 0.4) is 0 Å². The van der Waals surface area contributed by atoms with Gasteiger partial charge in [0, 0.05) is 12.1 Å². The minimum Gasteiger partial charge on any atom is -0.322 e. The summed E-state index contributed by atoms with van der Waals surface area (Å²) in [6.07, 6.45) is 0. The van der Waals surface area contributed by atoms with Gasteiger partial charge >= 0.3 is 0 Å². The maximum atomic E-state index is 12.5. The topological polar surface area (TPSA) is 59.8 Å². The van der Waals surface area contributed by atoms with Gasteiger partial charge in [0.05, 0.1) is 32.5 Å². The number of carbonyl (C=O) groups excluding carboxylic acids is 1. The number of benzene rings is 1. The van der Waals surface area contributed by atoms with Gasteiger partial charge in [0.25, 0.3) is 0 Å². The van der Waals surface area contributed by atoms with Gasteiger partial charge in [0.15, 0.2) is 4.34 Å². The normalized spacial score (nSPS) is 12.5. The first-order chi connectivity index (χ1) is 11.3. The first-order valence-electron chi connectivity index (χ1n) is 7.39. The van der Waals surface area contributed by atoms with Crippen molar-refractivity contribution in [2.45, 2.75) is 30.4 Å². The highest BCUT2D eigenvalue weighted by molar-refractivity contribution is 8.02. The predicted molar refractivity (Wildman–Crippen MR) is 101 cm³/mol. The molecule has 1 amide bonds. The van der Waals surface area contributed by atoms with Crippen molar-refractivity contribution in [1.29, 1.82) is 0 Å². The van der Waals surface area contributed by atoms with Gasteiger partial charge in [-0.1, -0.05) is 23.4 Å². The molecule has 3 rings (SSSR count). The van der Waals surface area contributed by atoms with Gasteiger partial charge in [-0.15, -0.1) is 11.3 Å². The van der Waals surface area contributed by atoms with Crippen molar-refractivity contribution >= 4 is 56.5 Å². The molecule has 0 radical (unpaired) electrons. The molecule has 0 aliphatic heterocycles. The molecule has 0 aliphatic rings. The standard InChI is InChI=1S/C16H17ClN4OS2/c1-8-14(9(2)21(4)20-8)19-15(22)10(3)23-16-18-12-7-11(17)5-6-13(12)24-16/h5-7,10H,1-4H3,(H,19,22)/t10-/m0/s1. The number of anilines is 1. The fourth-order valence-corrected chi connectivity index (χ4v) is 4.67. The van der Waals surface area contributed by atoms with E-state index in [0.717, 1.165) is 31.6 Å². The Hall–Kier alpha value is -1.57. The van der Waals surface area contributed by atoms with Crippen LogP contribution in [0.25, 0.3) is 10.2 Å². The second-order valence-electron chi connectivity index (χ2n) is 5.51. The summed E-state index contributed by atoms with van der Waals surface area (Å²) in [5, 5.41) is 7.69. The largest absolute Gasteiger partial charge is 0.322 e. The van der Waals surface area contributed by atoms with E-state index in [1.54, 1.807) is 16.0 Å². The smallest absolute Gasteiger partial charge is 0.237 e. The number of carbonyl (C=O) groups is 1. The van der Waals surface area contributed by atoms with Crippen LogP contribution in [-0.2, 0) is 11.8 Å². The zero-order valence-electron chi connectivity index (χ0n) is 13.8. The van der Waals surface area contributed by atoms with E-state index in [-0.39, 0.29) is 11.2 Å². The molecule has 0 unspecified atom stereocenters. The van der Waals surface area contributed by atoms with Crippen LogP contribution in [0.5, 0.6) is 0 Å². The number of nitrogens with one attached hydrogen (secondary N) is 1. The number of aromatic nitrogens is 3. The van der Waals surface area contributed by atoms with Crippen LogP contribution in [0.2, 0.25) is 5.02 Å². The van der Waals surface area contributed by atoms with Crippen LogP contribution in [0.1, 0.15) is 18.3 Å². The highest BCUT2D eigenvalue weighted by Gasteiger charge is 2.20. The van der Waals surface area contributed by atoms with E-state index in [2.05, 4.69) is 15.4 Å². The molecule has 0 aliphatic carbocycles. The van der Waals surface area contributed by atoms with E-state index in [1.807, 2.05) is 46.0 Å². The second-order valence-corrected chi connectivity index (χ2v) is 8.57. The summed E-state index contributed by atoms with van der Waals surface area (Å²) in [5.74, 6) is -0.0588. The number of fused-ring (bicyclic) bond motifs is 1. The Kier molecular flexibility index (Phi) is 4.85. The van der Waals surface area contributed by atoms with Crippen LogP contribution in [0, 0.1) is 13.8 Å². The van der Waals surface area contributed by atoms with Gasteiger partial charge in [-0.3, -0.25) is 9.48 Å². The quantitative estimate of drug-likeness (QED) is 0.680. The van der Waals surface area contributed by atoms with Crippen LogP contribution in [0.4, 0.5) is 5.69 Å². The van der Waals surface area contributed by atoms with E-state index in [1.165, 1.54) is 11.8 Å². The SMILES string of the molecule is Cc1nn(C)c(C)c1NC(=O)[C@H](C)Sc1nc2cc(Cl)ccc2s1. The van der Waals surface area contributed by atoms with Crippen molar-refractivity contribution in [3.8, 4) is 0 Å². The van der Waals surface area contributed by atoms with Crippen LogP contribution >= 0.6 is 34.7 Å². The van der Waals surface area contributed by atoms with Crippen LogP contribution in [0.15, 0.2) is 22.5 Å². The Morgan fingerprint density at radius 1 is 1.42 bits per heavy atom. The van der Waals surface area contributed by atoms with Gasteiger partial charge in [-0.05, 0) is 39.0 Å². The number of hydrogen-bond donors (Lipinski definition) is 1. The Balaban J connectivity index is 1.73. The Labute approximate surface area is 153 Å². The van der Waals surface area contributed by atoms with E-state index in [9.17, 15) is 4.79 Å². The van der Waals surface area contributed by atoms with Crippen molar-refractivity contribution in [3.63, 3.8) is 0 Å². The molecule has 1 N–H and O–H groups in total. The third-order valence-corrected chi connectivity index (χ3v) is 6.20. The molecule has 0 bridgehead atoms. The summed E-state index contributed by atoms with van der Waals surface area (Å²) >= 11 is 9.00. The van der Waals surface area contributed by atoms with Crippen molar-refractivity contribution < 1.29 is 4.79 Å². The number of thioether (sulfide) groups is 1. The summed E-state index contributed by atoms with van der Waals surface area (Å²) < 4.78 is 3.68. The third-order valence-electron chi connectivity index (χ3n) is 3.73. The van der Waals surface area contributed by atoms with E-state index in [4.69, 9.17) is 11.6 Å². The highest BCUT2D eigenvalue weighted by Crippen LogP contribution is 2.33. The third kappa shape index (κ3) is 3.43. The fourth-order valence-electron chi connectivity index (χ4n) is 2.31. The molecule has 2 aromatic heterocycles. The summed E-state index contributed by atoms with van der Waals surface area (Å²) in [6.45, 7) is 5.70. The molecule has 1 atom stereocenters. The maximum Gasteiger partial charge on any atom is 0.237 e. The number of thiazole rings is 1. The van der Waals surface area contributed by atoms with E-state index in [0.29, 0.717) is 5.02 Å². The monoisotopic (exact) mass is 380 g/mol. The second kappa shape index (κ2) is 6.74. The molecule has 0 spiro atoms. The Morgan fingerprint density at radius 3 is 2.83 bits per heavy atom. The summed E-state index contributed by atoms with van der Waals surface area (Å²) in [5.41, 5.74) is 3.40. The van der Waals surface area contributed by atoms with Gasteiger partial charge in [0.1, 0.15) is 0 Å². The molecule has 0 fully saturated rings. The molecule has 126 valence electrons. The number of amides is 1. The van der Waals surface area contributed by atoms with Gasteiger partial charge in [-0.25, -0.2) is 4.98 Å². The minimum atomic E-state index is -0.264. The average Bonchev–Trinajstić information content (AvgIpc) is 3.01. The van der Waals surface area contributed by atoms with E-state index >= 15 is 0 Å². The van der Waals surface area contributed by atoms with Crippen molar-refractivity contribution in [2.24, 2.45) is 7.05 Å². The average molecular weight is 381 g/mol. The minimum absolute atomic E-state index is 0.0588.